The average Bonchev–Trinajstić information content (AvgIpc) is 2.82. The zero-order valence-corrected chi connectivity index (χ0v) is 11.8. The summed E-state index contributed by atoms with van der Waals surface area (Å²) in [5, 5.41) is 8.05. The van der Waals surface area contributed by atoms with Gasteiger partial charge in [-0.2, -0.15) is 0 Å². The van der Waals surface area contributed by atoms with Crippen molar-refractivity contribution < 1.29 is 0 Å². The lowest BCUT2D eigenvalue weighted by atomic mass is 10.0. The van der Waals surface area contributed by atoms with E-state index in [4.69, 9.17) is 5.84 Å². The third-order valence-corrected chi connectivity index (χ3v) is 3.48. The molecule has 6 heteroatoms. The first-order chi connectivity index (χ1) is 8.77. The van der Waals surface area contributed by atoms with E-state index in [0.717, 1.165) is 28.7 Å². The van der Waals surface area contributed by atoms with Crippen molar-refractivity contribution in [3.63, 3.8) is 0 Å². The molecular formula is C12H16BrN5. The van der Waals surface area contributed by atoms with Gasteiger partial charge in [-0.05, 0) is 18.1 Å². The zero-order valence-electron chi connectivity index (χ0n) is 10.2. The van der Waals surface area contributed by atoms with Crippen LogP contribution in [-0.2, 0) is 6.54 Å². The van der Waals surface area contributed by atoms with Crippen LogP contribution in [0.2, 0.25) is 0 Å². The Hall–Kier alpha value is -1.24. The molecule has 3 N–H and O–H groups in total. The third-order valence-electron chi connectivity index (χ3n) is 2.76. The van der Waals surface area contributed by atoms with Gasteiger partial charge in [-0.3, -0.25) is 5.84 Å². The Morgan fingerprint density at radius 2 is 2.22 bits per heavy atom. The van der Waals surface area contributed by atoms with Crippen molar-refractivity contribution >= 4 is 15.9 Å². The molecule has 0 aliphatic rings. The van der Waals surface area contributed by atoms with Gasteiger partial charge in [-0.25, -0.2) is 10.1 Å². The van der Waals surface area contributed by atoms with E-state index >= 15 is 0 Å². The van der Waals surface area contributed by atoms with Crippen LogP contribution in [0.5, 0.6) is 0 Å². The number of nitrogens with two attached hydrogens (primary N) is 1. The summed E-state index contributed by atoms with van der Waals surface area (Å²) in [5.74, 6) is 5.69. The largest absolute Gasteiger partial charge is 0.271 e. The highest BCUT2D eigenvalue weighted by Crippen LogP contribution is 2.27. The van der Waals surface area contributed by atoms with Gasteiger partial charge in [-0.15, -0.1) is 5.10 Å². The normalized spacial score (nSPS) is 12.6. The molecule has 1 aromatic carbocycles. The lowest BCUT2D eigenvalue weighted by Crippen LogP contribution is -2.31. The Bertz CT molecular complexity index is 511. The number of nitrogens with zero attached hydrogens (tertiary/aromatic N) is 3. The van der Waals surface area contributed by atoms with Crippen molar-refractivity contribution in [1.29, 1.82) is 0 Å². The summed E-state index contributed by atoms with van der Waals surface area (Å²) in [6.45, 7) is 2.94. The molecule has 18 heavy (non-hydrogen) atoms. The molecule has 1 unspecified atom stereocenters. The minimum atomic E-state index is -0.123. The standard InChI is InChI=1S/C12H16BrN5/c1-2-7-18-11(8-15-17-18)12(16-14)9-5-3-4-6-10(9)13/h3-6,8,12,16H,2,7,14H2,1H3. The number of halogens is 1. The van der Waals surface area contributed by atoms with E-state index in [0.29, 0.717) is 0 Å². The Labute approximate surface area is 114 Å². The summed E-state index contributed by atoms with van der Waals surface area (Å²) in [4.78, 5) is 0. The molecule has 0 spiro atoms. The molecule has 0 saturated heterocycles. The molecule has 2 aromatic rings. The fraction of sp³-hybridized carbons (Fsp3) is 0.333. The fourth-order valence-electron chi connectivity index (χ4n) is 1.92. The van der Waals surface area contributed by atoms with Gasteiger partial charge >= 0.3 is 0 Å². The molecule has 1 atom stereocenters. The zero-order chi connectivity index (χ0) is 13.0. The van der Waals surface area contributed by atoms with Crippen LogP contribution in [0.25, 0.3) is 0 Å². The Balaban J connectivity index is 2.39. The molecule has 1 heterocycles. The molecule has 0 aliphatic carbocycles. The second kappa shape index (κ2) is 6.08. The van der Waals surface area contributed by atoms with Crippen molar-refractivity contribution in [3.05, 3.63) is 46.2 Å². The topological polar surface area (TPSA) is 68.8 Å². The van der Waals surface area contributed by atoms with Gasteiger partial charge in [0, 0.05) is 11.0 Å². The minimum absolute atomic E-state index is 0.123. The van der Waals surface area contributed by atoms with Crippen LogP contribution in [0.3, 0.4) is 0 Å². The Morgan fingerprint density at radius 3 is 2.89 bits per heavy atom. The Morgan fingerprint density at radius 1 is 1.44 bits per heavy atom. The molecule has 2 rings (SSSR count). The number of aryl methyl sites for hydroxylation is 1. The van der Waals surface area contributed by atoms with Crippen LogP contribution in [0.1, 0.15) is 30.6 Å². The van der Waals surface area contributed by atoms with Crippen LogP contribution in [0.15, 0.2) is 34.9 Å². The second-order valence-electron chi connectivity index (χ2n) is 4.00. The molecule has 0 aliphatic heterocycles. The van der Waals surface area contributed by atoms with Gasteiger partial charge in [0.05, 0.1) is 17.9 Å². The van der Waals surface area contributed by atoms with Gasteiger partial charge in [-0.1, -0.05) is 46.3 Å². The molecule has 0 fully saturated rings. The monoisotopic (exact) mass is 309 g/mol. The highest BCUT2D eigenvalue weighted by atomic mass is 79.9. The number of nitrogens with one attached hydrogen (secondary N) is 1. The number of aromatic nitrogens is 3. The van der Waals surface area contributed by atoms with Gasteiger partial charge < -0.3 is 0 Å². The van der Waals surface area contributed by atoms with Gasteiger partial charge in [0.2, 0.25) is 0 Å². The van der Waals surface area contributed by atoms with E-state index in [-0.39, 0.29) is 6.04 Å². The summed E-state index contributed by atoms with van der Waals surface area (Å²) >= 11 is 3.54. The fourth-order valence-corrected chi connectivity index (χ4v) is 2.43. The molecule has 0 saturated carbocycles. The third kappa shape index (κ3) is 2.60. The number of benzene rings is 1. The van der Waals surface area contributed by atoms with Crippen LogP contribution < -0.4 is 11.3 Å². The van der Waals surface area contributed by atoms with Crippen molar-refractivity contribution in [2.24, 2.45) is 5.84 Å². The predicted octanol–water partition coefficient (Wildman–Crippen LogP) is 2.00. The van der Waals surface area contributed by atoms with Gasteiger partial charge in [0.25, 0.3) is 0 Å². The average molecular weight is 310 g/mol. The maximum Gasteiger partial charge on any atom is 0.0905 e. The number of hydrogen-bond acceptors (Lipinski definition) is 4. The first-order valence-corrected chi connectivity index (χ1v) is 6.66. The maximum atomic E-state index is 5.69. The smallest absolute Gasteiger partial charge is 0.0905 e. The lowest BCUT2D eigenvalue weighted by molar-refractivity contribution is 0.511. The van der Waals surface area contributed by atoms with E-state index in [1.807, 2.05) is 28.9 Å². The van der Waals surface area contributed by atoms with Crippen LogP contribution in [0.4, 0.5) is 0 Å². The minimum Gasteiger partial charge on any atom is -0.271 e. The van der Waals surface area contributed by atoms with E-state index in [2.05, 4.69) is 38.6 Å². The highest BCUT2D eigenvalue weighted by Gasteiger charge is 2.19. The van der Waals surface area contributed by atoms with E-state index in [1.54, 1.807) is 6.20 Å². The van der Waals surface area contributed by atoms with Crippen molar-refractivity contribution in [2.45, 2.75) is 25.9 Å². The van der Waals surface area contributed by atoms with E-state index < -0.39 is 0 Å². The van der Waals surface area contributed by atoms with Crippen LogP contribution in [0, 0.1) is 0 Å². The molecule has 96 valence electrons. The summed E-state index contributed by atoms with van der Waals surface area (Å²) in [6, 6.07) is 7.86. The SMILES string of the molecule is CCCn1nncc1C(NN)c1ccccc1Br. The first kappa shape index (κ1) is 13.2. The number of rotatable bonds is 5. The van der Waals surface area contributed by atoms with Crippen LogP contribution in [-0.4, -0.2) is 15.0 Å². The molecular weight excluding hydrogens is 294 g/mol. The predicted molar refractivity (Wildman–Crippen MR) is 73.6 cm³/mol. The number of hydrazine groups is 1. The highest BCUT2D eigenvalue weighted by molar-refractivity contribution is 9.10. The summed E-state index contributed by atoms with van der Waals surface area (Å²) in [5.41, 5.74) is 4.86. The van der Waals surface area contributed by atoms with Crippen molar-refractivity contribution in [2.75, 3.05) is 0 Å². The van der Waals surface area contributed by atoms with Crippen LogP contribution >= 0.6 is 15.9 Å². The quantitative estimate of drug-likeness (QED) is 0.655. The maximum absolute atomic E-state index is 5.69. The Kier molecular flexibility index (Phi) is 4.46. The van der Waals surface area contributed by atoms with E-state index in [1.165, 1.54) is 0 Å². The number of hydrogen-bond donors (Lipinski definition) is 2. The summed E-state index contributed by atoms with van der Waals surface area (Å²) < 4.78 is 2.89. The van der Waals surface area contributed by atoms with Crippen molar-refractivity contribution in [1.82, 2.24) is 20.4 Å². The van der Waals surface area contributed by atoms with Gasteiger partial charge in [0.1, 0.15) is 0 Å². The lowest BCUT2D eigenvalue weighted by Gasteiger charge is -2.18. The second-order valence-corrected chi connectivity index (χ2v) is 4.86. The first-order valence-electron chi connectivity index (χ1n) is 5.86. The molecule has 1 aromatic heterocycles. The van der Waals surface area contributed by atoms with Gasteiger partial charge in [0.15, 0.2) is 0 Å². The van der Waals surface area contributed by atoms with Crippen molar-refractivity contribution in [3.8, 4) is 0 Å². The molecule has 0 amide bonds. The summed E-state index contributed by atoms with van der Waals surface area (Å²) in [6.07, 6.45) is 2.75. The molecule has 0 bridgehead atoms. The molecule has 0 radical (unpaired) electrons. The molecule has 5 nitrogen and oxygen atoms in total. The van der Waals surface area contributed by atoms with E-state index in [9.17, 15) is 0 Å². The summed E-state index contributed by atoms with van der Waals surface area (Å²) in [7, 11) is 0.